The van der Waals surface area contributed by atoms with E-state index in [2.05, 4.69) is 10.1 Å². The lowest BCUT2D eigenvalue weighted by molar-refractivity contribution is 0.0606. The summed E-state index contributed by atoms with van der Waals surface area (Å²) in [6, 6.07) is 10.8. The van der Waals surface area contributed by atoms with Crippen LogP contribution >= 0.6 is 22.9 Å². The minimum Gasteiger partial charge on any atom is -0.465 e. The van der Waals surface area contributed by atoms with Gasteiger partial charge in [0.25, 0.3) is 5.91 Å². The van der Waals surface area contributed by atoms with Gasteiger partial charge in [0.15, 0.2) is 0 Å². The van der Waals surface area contributed by atoms with Gasteiger partial charge in [-0.3, -0.25) is 4.79 Å². The van der Waals surface area contributed by atoms with E-state index in [-0.39, 0.29) is 11.4 Å². The molecule has 0 aliphatic heterocycles. The molecule has 1 N–H and O–H groups in total. The first kappa shape index (κ1) is 16.0. The summed E-state index contributed by atoms with van der Waals surface area (Å²) < 4.78 is 4.67. The van der Waals surface area contributed by atoms with Gasteiger partial charge >= 0.3 is 5.97 Å². The van der Waals surface area contributed by atoms with Crippen LogP contribution in [0.4, 0.5) is 0 Å². The van der Waals surface area contributed by atoms with E-state index in [1.165, 1.54) is 7.11 Å². The van der Waals surface area contributed by atoms with E-state index >= 15 is 0 Å². The van der Waals surface area contributed by atoms with E-state index in [4.69, 9.17) is 11.6 Å². The van der Waals surface area contributed by atoms with Gasteiger partial charge < -0.3 is 10.1 Å². The van der Waals surface area contributed by atoms with Gasteiger partial charge in [0.05, 0.1) is 17.5 Å². The Kier molecular flexibility index (Phi) is 4.41. The molecule has 120 valence electrons. The summed E-state index contributed by atoms with van der Waals surface area (Å²) in [5.74, 6) is -0.593. The maximum Gasteiger partial charge on any atom is 0.348 e. The number of carbonyl (C=O) groups is 2. The highest BCUT2D eigenvalue weighted by Crippen LogP contribution is 2.42. The normalized spacial score (nSPS) is 15.6. The molecule has 1 aromatic carbocycles. The Morgan fingerprint density at radius 2 is 1.78 bits per heavy atom. The Hall–Kier alpha value is -1.85. The Bertz CT molecular complexity index is 735. The number of benzene rings is 1. The van der Waals surface area contributed by atoms with Gasteiger partial charge in [0.1, 0.15) is 4.88 Å². The fraction of sp³-hybridized carbons (Fsp3) is 0.294. The predicted octanol–water partition coefficient (Wildman–Crippen LogP) is 4.00. The van der Waals surface area contributed by atoms with Crippen LogP contribution in [-0.2, 0) is 10.3 Å². The van der Waals surface area contributed by atoms with E-state index in [0.717, 1.165) is 36.2 Å². The number of esters is 1. The lowest BCUT2D eigenvalue weighted by Gasteiger charge is -2.43. The van der Waals surface area contributed by atoms with Crippen molar-refractivity contribution in [1.29, 1.82) is 0 Å². The molecule has 1 heterocycles. The lowest BCUT2D eigenvalue weighted by Crippen LogP contribution is -2.50. The van der Waals surface area contributed by atoms with Crippen LogP contribution in [0.3, 0.4) is 0 Å². The van der Waals surface area contributed by atoms with Crippen molar-refractivity contribution < 1.29 is 14.3 Å². The van der Waals surface area contributed by atoms with Crippen LogP contribution in [0.5, 0.6) is 0 Å². The van der Waals surface area contributed by atoms with Crippen molar-refractivity contribution in [3.8, 4) is 0 Å². The molecule has 1 saturated carbocycles. The van der Waals surface area contributed by atoms with Crippen molar-refractivity contribution in [2.24, 2.45) is 0 Å². The molecule has 0 bridgehead atoms. The van der Waals surface area contributed by atoms with Crippen molar-refractivity contribution in [3.05, 3.63) is 56.7 Å². The van der Waals surface area contributed by atoms with Gasteiger partial charge in [-0.2, -0.15) is 0 Å². The molecular formula is C17H16ClNO3S. The number of ether oxygens (including phenoxy) is 1. The highest BCUT2D eigenvalue weighted by Gasteiger charge is 2.40. The number of halogens is 1. The zero-order valence-corrected chi connectivity index (χ0v) is 14.2. The molecule has 2 aromatic rings. The smallest absolute Gasteiger partial charge is 0.348 e. The first-order valence-corrected chi connectivity index (χ1v) is 8.50. The van der Waals surface area contributed by atoms with E-state index in [1.807, 2.05) is 24.3 Å². The molecule has 1 aromatic heterocycles. The van der Waals surface area contributed by atoms with E-state index < -0.39 is 5.97 Å². The Labute approximate surface area is 143 Å². The third-order valence-corrected chi connectivity index (χ3v) is 5.49. The number of hydrogen-bond acceptors (Lipinski definition) is 4. The summed E-state index contributed by atoms with van der Waals surface area (Å²) in [7, 11) is 1.33. The molecule has 6 heteroatoms. The van der Waals surface area contributed by atoms with Crippen LogP contribution in [0, 0.1) is 0 Å². The zero-order chi connectivity index (χ0) is 16.4. The third-order valence-electron chi connectivity index (χ3n) is 4.17. The molecule has 0 radical (unpaired) electrons. The van der Waals surface area contributed by atoms with Crippen LogP contribution < -0.4 is 5.32 Å². The standard InChI is InChI=1S/C17H16ClNO3S/c1-22-16(21)14-8-7-13(23-14)15(20)19-17(9-2-10-17)11-3-5-12(18)6-4-11/h3-8H,2,9-10H2,1H3,(H,19,20). The molecule has 4 nitrogen and oxygen atoms in total. The van der Waals surface area contributed by atoms with E-state index in [1.54, 1.807) is 12.1 Å². The summed E-state index contributed by atoms with van der Waals surface area (Å²) in [5.41, 5.74) is 0.725. The van der Waals surface area contributed by atoms with Crippen LogP contribution in [0.25, 0.3) is 0 Å². The molecule has 23 heavy (non-hydrogen) atoms. The van der Waals surface area contributed by atoms with Gasteiger partial charge in [-0.1, -0.05) is 23.7 Å². The average Bonchev–Trinajstić information content (AvgIpc) is 3.01. The van der Waals surface area contributed by atoms with Crippen molar-refractivity contribution in [3.63, 3.8) is 0 Å². The first-order valence-electron chi connectivity index (χ1n) is 7.31. The molecule has 3 rings (SSSR count). The predicted molar refractivity (Wildman–Crippen MR) is 90.1 cm³/mol. The van der Waals surface area contributed by atoms with Crippen molar-refractivity contribution >= 4 is 34.8 Å². The maximum absolute atomic E-state index is 12.5. The minimum absolute atomic E-state index is 0.167. The molecule has 0 spiro atoms. The fourth-order valence-corrected chi connectivity index (χ4v) is 3.68. The first-order chi connectivity index (χ1) is 11.0. The van der Waals surface area contributed by atoms with Crippen LogP contribution in [0.2, 0.25) is 5.02 Å². The molecule has 0 unspecified atom stereocenters. The topological polar surface area (TPSA) is 55.4 Å². The van der Waals surface area contributed by atoms with Crippen molar-refractivity contribution in [1.82, 2.24) is 5.32 Å². The van der Waals surface area contributed by atoms with E-state index in [0.29, 0.717) is 14.8 Å². The second-order valence-electron chi connectivity index (χ2n) is 5.55. The van der Waals surface area contributed by atoms with Crippen molar-refractivity contribution in [2.75, 3.05) is 7.11 Å². The number of thiophene rings is 1. The number of amides is 1. The van der Waals surface area contributed by atoms with E-state index in [9.17, 15) is 9.59 Å². The van der Waals surface area contributed by atoms with Crippen LogP contribution in [-0.4, -0.2) is 19.0 Å². The van der Waals surface area contributed by atoms with Crippen LogP contribution in [0.15, 0.2) is 36.4 Å². The molecule has 1 amide bonds. The summed E-state index contributed by atoms with van der Waals surface area (Å²) in [4.78, 5) is 25.0. The van der Waals surface area contributed by atoms with Crippen LogP contribution in [0.1, 0.15) is 44.2 Å². The quantitative estimate of drug-likeness (QED) is 0.849. The van der Waals surface area contributed by atoms with Gasteiger partial charge in [0, 0.05) is 5.02 Å². The van der Waals surface area contributed by atoms with Gasteiger partial charge in [-0.25, -0.2) is 4.79 Å². The SMILES string of the molecule is COC(=O)c1ccc(C(=O)NC2(c3ccc(Cl)cc3)CCC2)s1. The summed E-state index contributed by atoms with van der Waals surface area (Å²) in [5, 5.41) is 3.80. The third kappa shape index (κ3) is 3.12. The summed E-state index contributed by atoms with van der Waals surface area (Å²) in [6.07, 6.45) is 2.87. The fourth-order valence-electron chi connectivity index (χ4n) is 2.73. The van der Waals surface area contributed by atoms with Crippen molar-refractivity contribution in [2.45, 2.75) is 24.8 Å². The highest BCUT2D eigenvalue weighted by molar-refractivity contribution is 7.15. The number of carbonyl (C=O) groups excluding carboxylic acids is 2. The van der Waals surface area contributed by atoms with Gasteiger partial charge in [0.2, 0.25) is 0 Å². The molecule has 1 fully saturated rings. The zero-order valence-electron chi connectivity index (χ0n) is 12.6. The highest BCUT2D eigenvalue weighted by atomic mass is 35.5. The maximum atomic E-state index is 12.5. The second kappa shape index (κ2) is 6.34. The number of rotatable bonds is 4. The number of methoxy groups -OCH3 is 1. The average molecular weight is 350 g/mol. The molecular weight excluding hydrogens is 334 g/mol. The van der Waals surface area contributed by atoms with Gasteiger partial charge in [-0.05, 0) is 49.1 Å². The molecule has 1 aliphatic carbocycles. The summed E-state index contributed by atoms with van der Waals surface area (Å²) >= 11 is 7.08. The number of hydrogen-bond donors (Lipinski definition) is 1. The molecule has 1 aliphatic rings. The summed E-state index contributed by atoms with van der Waals surface area (Å²) in [6.45, 7) is 0. The lowest BCUT2D eigenvalue weighted by atomic mass is 9.72. The molecule has 0 atom stereocenters. The van der Waals surface area contributed by atoms with Gasteiger partial charge in [-0.15, -0.1) is 11.3 Å². The Morgan fingerprint density at radius 3 is 2.35 bits per heavy atom. The largest absolute Gasteiger partial charge is 0.465 e. The Balaban J connectivity index is 1.79. The molecule has 0 saturated heterocycles. The second-order valence-corrected chi connectivity index (χ2v) is 7.07. The monoisotopic (exact) mass is 349 g/mol. The minimum atomic E-state index is -0.426. The number of nitrogens with one attached hydrogen (secondary N) is 1. The Morgan fingerprint density at radius 1 is 1.13 bits per heavy atom.